The highest BCUT2D eigenvalue weighted by Crippen LogP contribution is 2.58. The summed E-state index contributed by atoms with van der Waals surface area (Å²) in [6, 6.07) is 19.6. The first-order chi connectivity index (χ1) is 15.5. The fraction of sp³-hybridized carbons (Fsp3) is 0.448. The molecule has 0 saturated heterocycles. The van der Waals surface area contributed by atoms with Gasteiger partial charge in [0.2, 0.25) is 0 Å². The molecule has 2 nitrogen and oxygen atoms in total. The van der Waals surface area contributed by atoms with Crippen molar-refractivity contribution in [1.29, 1.82) is 0 Å². The second-order valence-corrected chi connectivity index (χ2v) is 22.0. The number of aliphatic hydroxyl groups excluding tert-OH is 2. The molecule has 2 N–H and O–H groups in total. The number of aliphatic hydroxyl groups is 2. The summed E-state index contributed by atoms with van der Waals surface area (Å²) in [5.41, 5.74) is 9.35. The van der Waals surface area contributed by atoms with Crippen LogP contribution >= 0.6 is 0 Å². The maximum atomic E-state index is 9.92. The van der Waals surface area contributed by atoms with Crippen molar-refractivity contribution in [3.63, 3.8) is 0 Å². The molecule has 2 aromatic carbocycles. The molecular formula is C29H40O2Si2. The van der Waals surface area contributed by atoms with Gasteiger partial charge < -0.3 is 10.2 Å². The summed E-state index contributed by atoms with van der Waals surface area (Å²) in [5.74, 6) is 0. The van der Waals surface area contributed by atoms with Gasteiger partial charge in [-0.1, -0.05) is 112 Å². The monoisotopic (exact) mass is 476 g/mol. The molecule has 2 aromatic rings. The molecule has 0 saturated carbocycles. The second kappa shape index (κ2) is 8.81. The minimum atomic E-state index is -1.78. The quantitative estimate of drug-likeness (QED) is 0.409. The van der Waals surface area contributed by atoms with Gasteiger partial charge in [-0.05, 0) is 34.3 Å². The maximum Gasteiger partial charge on any atom is 0.0622 e. The van der Waals surface area contributed by atoms with Gasteiger partial charge in [-0.2, -0.15) is 0 Å². The van der Waals surface area contributed by atoms with Gasteiger partial charge in [-0.3, -0.25) is 0 Å². The zero-order valence-corrected chi connectivity index (χ0v) is 23.2. The van der Waals surface area contributed by atoms with Gasteiger partial charge in [0, 0.05) is 29.7 Å². The number of allylic oxidation sites excluding steroid dienone is 2. The van der Waals surface area contributed by atoms with E-state index < -0.39 is 16.1 Å². The van der Waals surface area contributed by atoms with E-state index in [9.17, 15) is 10.2 Å². The standard InChI is InChI=1S/C29H40O2Si2/c1-29(2,25-19-21-11-7-9-13-23(21)27(25)32(3,4)17-15-30)26-20-22-12-8-10-14-24(22)28(26)33(5,6)18-16-31/h7-14,19-20,27-28,30-31H,15-18H2,1-6H3. The van der Waals surface area contributed by atoms with Crippen LogP contribution in [0.1, 0.15) is 47.2 Å². The summed E-state index contributed by atoms with van der Waals surface area (Å²) in [6.45, 7) is 15.2. The molecule has 33 heavy (non-hydrogen) atoms. The van der Waals surface area contributed by atoms with Crippen molar-refractivity contribution in [1.82, 2.24) is 0 Å². The predicted octanol–water partition coefficient (Wildman–Crippen LogP) is 6.85. The number of hydrogen-bond acceptors (Lipinski definition) is 2. The Labute approximate surface area is 202 Å². The van der Waals surface area contributed by atoms with Crippen LogP contribution in [0.2, 0.25) is 38.3 Å². The molecule has 2 aliphatic carbocycles. The van der Waals surface area contributed by atoms with Gasteiger partial charge >= 0.3 is 0 Å². The van der Waals surface area contributed by atoms with Crippen molar-refractivity contribution in [2.45, 2.75) is 63.2 Å². The molecule has 4 rings (SSSR count). The van der Waals surface area contributed by atoms with E-state index in [2.05, 4.69) is 101 Å². The van der Waals surface area contributed by atoms with E-state index in [4.69, 9.17) is 0 Å². The Morgan fingerprint density at radius 3 is 1.39 bits per heavy atom. The van der Waals surface area contributed by atoms with Gasteiger partial charge in [0.15, 0.2) is 0 Å². The van der Waals surface area contributed by atoms with Crippen LogP contribution in [0.25, 0.3) is 12.2 Å². The van der Waals surface area contributed by atoms with Crippen LogP contribution in [0.15, 0.2) is 59.7 Å². The highest BCUT2D eigenvalue weighted by atomic mass is 28.3. The molecule has 2 unspecified atom stereocenters. The molecule has 0 amide bonds. The molecule has 0 spiro atoms. The van der Waals surface area contributed by atoms with Gasteiger partial charge in [0.1, 0.15) is 0 Å². The molecule has 0 fully saturated rings. The molecule has 0 aromatic heterocycles. The maximum absolute atomic E-state index is 9.92. The molecule has 0 radical (unpaired) electrons. The molecular weight excluding hydrogens is 436 g/mol. The van der Waals surface area contributed by atoms with Crippen molar-refractivity contribution in [3.8, 4) is 0 Å². The lowest BCUT2D eigenvalue weighted by atomic mass is 9.75. The van der Waals surface area contributed by atoms with E-state index in [1.165, 1.54) is 33.4 Å². The third kappa shape index (κ3) is 4.16. The van der Waals surface area contributed by atoms with Crippen molar-refractivity contribution in [2.24, 2.45) is 5.41 Å². The number of fused-ring (bicyclic) bond motifs is 2. The first-order valence-electron chi connectivity index (χ1n) is 12.4. The lowest BCUT2D eigenvalue weighted by Gasteiger charge is -2.44. The van der Waals surface area contributed by atoms with E-state index >= 15 is 0 Å². The smallest absolute Gasteiger partial charge is 0.0622 e. The molecule has 4 heteroatoms. The molecule has 0 heterocycles. The third-order valence-electron chi connectivity index (χ3n) is 8.38. The van der Waals surface area contributed by atoms with Crippen LogP contribution in [0.5, 0.6) is 0 Å². The zero-order valence-electron chi connectivity index (χ0n) is 21.2. The molecule has 0 aliphatic heterocycles. The number of rotatable bonds is 8. The van der Waals surface area contributed by atoms with Crippen LogP contribution in [-0.4, -0.2) is 39.6 Å². The first kappa shape index (κ1) is 24.4. The fourth-order valence-electron chi connectivity index (χ4n) is 6.45. The van der Waals surface area contributed by atoms with E-state index in [1.54, 1.807) is 0 Å². The summed E-state index contributed by atoms with van der Waals surface area (Å²) in [7, 11) is -3.56. The highest BCUT2D eigenvalue weighted by molar-refractivity contribution is 6.80. The largest absolute Gasteiger partial charge is 0.397 e. The summed E-state index contributed by atoms with van der Waals surface area (Å²) >= 11 is 0. The van der Waals surface area contributed by atoms with Crippen LogP contribution in [-0.2, 0) is 0 Å². The third-order valence-corrected chi connectivity index (χ3v) is 15.8. The van der Waals surface area contributed by atoms with Crippen LogP contribution in [0.4, 0.5) is 0 Å². The van der Waals surface area contributed by atoms with E-state index in [0.717, 1.165) is 12.1 Å². The molecule has 2 atom stereocenters. The highest BCUT2D eigenvalue weighted by Gasteiger charge is 2.50. The Hall–Kier alpha value is -1.73. The van der Waals surface area contributed by atoms with Crippen molar-refractivity contribution in [3.05, 3.63) is 81.9 Å². The van der Waals surface area contributed by atoms with Crippen LogP contribution in [0.3, 0.4) is 0 Å². The fourth-order valence-corrected chi connectivity index (χ4v) is 13.0. The van der Waals surface area contributed by atoms with Gasteiger partial charge in [-0.25, -0.2) is 0 Å². The summed E-state index contributed by atoms with van der Waals surface area (Å²) in [4.78, 5) is 0. The van der Waals surface area contributed by atoms with Crippen LogP contribution < -0.4 is 0 Å². The van der Waals surface area contributed by atoms with E-state index in [1.807, 2.05) is 0 Å². The zero-order chi connectivity index (χ0) is 24.0. The lowest BCUT2D eigenvalue weighted by Crippen LogP contribution is -2.42. The Kier molecular flexibility index (Phi) is 6.51. The summed E-state index contributed by atoms with van der Waals surface area (Å²) in [5, 5.41) is 19.8. The number of hydrogen-bond donors (Lipinski definition) is 2. The van der Waals surface area contributed by atoms with Crippen molar-refractivity contribution in [2.75, 3.05) is 13.2 Å². The Morgan fingerprint density at radius 2 is 1.03 bits per heavy atom. The molecule has 176 valence electrons. The van der Waals surface area contributed by atoms with Gasteiger partial charge in [0.25, 0.3) is 0 Å². The van der Waals surface area contributed by atoms with Crippen molar-refractivity contribution < 1.29 is 10.2 Å². The van der Waals surface area contributed by atoms with E-state index in [0.29, 0.717) is 11.1 Å². The van der Waals surface area contributed by atoms with Crippen molar-refractivity contribution >= 4 is 28.3 Å². The minimum absolute atomic E-state index is 0.104. The van der Waals surface area contributed by atoms with Gasteiger partial charge in [0.05, 0.1) is 16.1 Å². The van der Waals surface area contributed by atoms with Gasteiger partial charge in [-0.15, -0.1) is 0 Å². The first-order valence-corrected chi connectivity index (χ1v) is 18.9. The van der Waals surface area contributed by atoms with Crippen LogP contribution in [0, 0.1) is 5.41 Å². The second-order valence-electron chi connectivity index (χ2n) is 11.9. The normalized spacial score (nSPS) is 20.4. The Balaban J connectivity index is 1.86. The Morgan fingerprint density at radius 1 is 0.667 bits per heavy atom. The lowest BCUT2D eigenvalue weighted by molar-refractivity contribution is 0.315. The summed E-state index contributed by atoms with van der Waals surface area (Å²) in [6.07, 6.45) is 4.93. The SMILES string of the molecule is CC(C)(C1=Cc2ccccc2C1[Si](C)(C)CCO)C1=Cc2ccccc2C1[Si](C)(C)CCO. The average molecular weight is 477 g/mol. The van der Waals surface area contributed by atoms with E-state index in [-0.39, 0.29) is 18.6 Å². The Bertz CT molecular complexity index is 1010. The molecule has 0 bridgehead atoms. The minimum Gasteiger partial charge on any atom is -0.397 e. The number of benzene rings is 2. The topological polar surface area (TPSA) is 40.5 Å². The molecule has 2 aliphatic rings. The average Bonchev–Trinajstić information content (AvgIpc) is 3.34. The summed E-state index contributed by atoms with van der Waals surface area (Å²) < 4.78 is 0. The predicted molar refractivity (Wildman–Crippen MR) is 147 cm³/mol.